The third-order valence-corrected chi connectivity index (χ3v) is 7.13. The summed E-state index contributed by atoms with van der Waals surface area (Å²) in [6.45, 7) is 14.0. The quantitative estimate of drug-likeness (QED) is 0.381. The van der Waals surface area contributed by atoms with Gasteiger partial charge in [0, 0.05) is 17.4 Å². The summed E-state index contributed by atoms with van der Waals surface area (Å²) < 4.78 is 18.4. The Kier molecular flexibility index (Phi) is 7.07. The maximum Gasteiger partial charge on any atom is 0.334 e. The number of hydrogen-bond donors (Lipinski definition) is 0. The lowest BCUT2D eigenvalue weighted by Crippen LogP contribution is -2.60. The minimum absolute atomic E-state index is 0.00779. The van der Waals surface area contributed by atoms with Crippen LogP contribution in [0, 0.1) is 5.41 Å². The van der Waals surface area contributed by atoms with Gasteiger partial charge in [0.05, 0.1) is 18.8 Å². The summed E-state index contributed by atoms with van der Waals surface area (Å²) in [5.41, 5.74) is 2.99. The second kappa shape index (κ2) is 9.19. The molecule has 5 nitrogen and oxygen atoms in total. The van der Waals surface area contributed by atoms with Gasteiger partial charge in [-0.15, -0.1) is 0 Å². The van der Waals surface area contributed by atoms with E-state index < -0.39 is 22.8 Å². The van der Waals surface area contributed by atoms with E-state index in [0.717, 1.165) is 24.8 Å². The molecule has 5 heteroatoms. The fourth-order valence-electron chi connectivity index (χ4n) is 5.15. The number of rotatable bonds is 5. The van der Waals surface area contributed by atoms with Crippen molar-refractivity contribution in [3.8, 4) is 0 Å². The summed E-state index contributed by atoms with van der Waals surface area (Å²) in [7, 11) is 1.36. The predicted molar refractivity (Wildman–Crippen MR) is 129 cm³/mol. The zero-order chi connectivity index (χ0) is 24.6. The summed E-state index contributed by atoms with van der Waals surface area (Å²) in [5, 5.41) is 0. The fraction of sp³-hybridized carbons (Fsp3) is 0.571. The third kappa shape index (κ3) is 4.99. The molecule has 33 heavy (non-hydrogen) atoms. The van der Waals surface area contributed by atoms with Crippen molar-refractivity contribution in [2.45, 2.75) is 91.6 Å². The molecule has 1 spiro atoms. The molecular weight excluding hydrogens is 416 g/mol. The number of esters is 1. The molecule has 0 unspecified atom stereocenters. The highest BCUT2D eigenvalue weighted by Crippen LogP contribution is 2.55. The second-order valence-corrected chi connectivity index (χ2v) is 10.4. The van der Waals surface area contributed by atoms with Crippen molar-refractivity contribution in [3.05, 3.63) is 58.2 Å². The molecule has 0 aromatic heterocycles. The Morgan fingerprint density at radius 2 is 1.88 bits per heavy atom. The molecular formula is C28H38O5. The van der Waals surface area contributed by atoms with Gasteiger partial charge in [-0.2, -0.15) is 0 Å². The number of hydrogen-bond acceptors (Lipinski definition) is 5. The standard InChI is InChI=1S/C28H38O5/c1-18(2)10-9-11-19(3)12-22-13-20(4)14-28(32-22)16-23(25(30)31-8)26(6)17-24(29)21(5)15-27(26,7)33-28/h10,12,14-16,22H,9,11,13,17H2,1-8H3/b19-12+/t22-,26-,27-,28+/m1/s1. The lowest BCUT2D eigenvalue weighted by molar-refractivity contribution is -0.267. The Bertz CT molecular complexity index is 990. The highest BCUT2D eigenvalue weighted by atomic mass is 16.7. The summed E-state index contributed by atoms with van der Waals surface area (Å²) in [4.78, 5) is 25.5. The van der Waals surface area contributed by atoms with Gasteiger partial charge in [-0.1, -0.05) is 35.8 Å². The van der Waals surface area contributed by atoms with Crippen molar-refractivity contribution in [3.63, 3.8) is 0 Å². The molecule has 0 radical (unpaired) electrons. The first-order chi connectivity index (χ1) is 15.3. The number of ketones is 1. The SMILES string of the molecule is COC(=O)C1=C[C@]2(C=C(C)C[C@@H](/C=C(\C)CCC=C(C)C)O2)O[C@]2(C)C=C(C)C(=O)C[C@]12C. The first kappa shape index (κ1) is 25.4. The van der Waals surface area contributed by atoms with Crippen LogP contribution in [0.3, 0.4) is 0 Å². The molecule has 3 rings (SSSR count). The van der Waals surface area contributed by atoms with Crippen molar-refractivity contribution in [2.24, 2.45) is 5.41 Å². The second-order valence-electron chi connectivity index (χ2n) is 10.4. The number of carbonyl (C=O) groups is 2. The topological polar surface area (TPSA) is 61.8 Å². The summed E-state index contributed by atoms with van der Waals surface area (Å²) >= 11 is 0. The predicted octanol–water partition coefficient (Wildman–Crippen LogP) is 5.92. The zero-order valence-electron chi connectivity index (χ0n) is 21.3. The Balaban J connectivity index is 2.03. The normalized spacial score (nSPS) is 34.2. The molecule has 4 atom stereocenters. The number of allylic oxidation sites excluding steroid dienone is 4. The van der Waals surface area contributed by atoms with E-state index in [0.29, 0.717) is 11.1 Å². The first-order valence-electron chi connectivity index (χ1n) is 11.7. The molecule has 0 bridgehead atoms. The summed E-state index contributed by atoms with van der Waals surface area (Å²) in [5.74, 6) is -1.66. The van der Waals surface area contributed by atoms with Crippen LogP contribution in [0.1, 0.15) is 74.1 Å². The first-order valence-corrected chi connectivity index (χ1v) is 11.7. The van der Waals surface area contributed by atoms with Gasteiger partial charge in [0.1, 0.15) is 0 Å². The van der Waals surface area contributed by atoms with Crippen molar-refractivity contribution in [2.75, 3.05) is 7.11 Å². The maximum absolute atomic E-state index is 12.9. The monoisotopic (exact) mass is 454 g/mol. The number of carbonyl (C=O) groups excluding carboxylic acids is 2. The minimum atomic E-state index is -1.21. The van der Waals surface area contributed by atoms with E-state index >= 15 is 0 Å². The Labute approximate surface area is 198 Å². The van der Waals surface area contributed by atoms with E-state index in [4.69, 9.17) is 14.2 Å². The number of ether oxygens (including phenoxy) is 3. The molecule has 180 valence electrons. The van der Waals surface area contributed by atoms with Gasteiger partial charge in [0.15, 0.2) is 5.78 Å². The van der Waals surface area contributed by atoms with Crippen molar-refractivity contribution in [1.82, 2.24) is 0 Å². The number of Topliss-reactive ketones (excluding diaryl/α,β-unsaturated/α-hetero) is 1. The maximum atomic E-state index is 12.9. The number of methoxy groups -OCH3 is 1. The van der Waals surface area contributed by atoms with Gasteiger partial charge >= 0.3 is 5.97 Å². The Morgan fingerprint density at radius 1 is 1.18 bits per heavy atom. The van der Waals surface area contributed by atoms with E-state index in [-0.39, 0.29) is 18.3 Å². The Morgan fingerprint density at radius 3 is 2.52 bits per heavy atom. The van der Waals surface area contributed by atoms with Crippen LogP contribution in [0.4, 0.5) is 0 Å². The lowest BCUT2D eigenvalue weighted by atomic mass is 9.60. The van der Waals surface area contributed by atoms with Crippen LogP contribution in [0.15, 0.2) is 58.2 Å². The Hall–Kier alpha value is -2.24. The van der Waals surface area contributed by atoms with Gasteiger partial charge in [-0.25, -0.2) is 4.79 Å². The van der Waals surface area contributed by atoms with Gasteiger partial charge in [0.2, 0.25) is 5.79 Å². The van der Waals surface area contributed by atoms with E-state index in [9.17, 15) is 9.59 Å². The van der Waals surface area contributed by atoms with Crippen LogP contribution in [0.25, 0.3) is 0 Å². The van der Waals surface area contributed by atoms with Crippen molar-refractivity contribution < 1.29 is 23.8 Å². The molecule has 0 N–H and O–H groups in total. The van der Waals surface area contributed by atoms with Crippen LogP contribution in [-0.2, 0) is 23.8 Å². The molecule has 0 saturated carbocycles. The van der Waals surface area contributed by atoms with Crippen LogP contribution in [0.5, 0.6) is 0 Å². The van der Waals surface area contributed by atoms with E-state index in [1.807, 2.05) is 26.0 Å². The van der Waals surface area contributed by atoms with E-state index in [2.05, 4.69) is 39.8 Å². The molecule has 0 amide bonds. The van der Waals surface area contributed by atoms with Gasteiger partial charge < -0.3 is 14.2 Å². The van der Waals surface area contributed by atoms with Crippen LogP contribution < -0.4 is 0 Å². The highest BCUT2D eigenvalue weighted by molar-refractivity contribution is 6.00. The highest BCUT2D eigenvalue weighted by Gasteiger charge is 2.60. The molecule has 0 saturated heterocycles. The minimum Gasteiger partial charge on any atom is -0.466 e. The van der Waals surface area contributed by atoms with Crippen molar-refractivity contribution in [1.29, 1.82) is 0 Å². The lowest BCUT2D eigenvalue weighted by Gasteiger charge is -2.55. The summed E-state index contributed by atoms with van der Waals surface area (Å²) in [6.07, 6.45) is 12.6. The average molecular weight is 455 g/mol. The van der Waals surface area contributed by atoms with Crippen LogP contribution in [-0.4, -0.2) is 36.4 Å². The van der Waals surface area contributed by atoms with Crippen LogP contribution in [0.2, 0.25) is 0 Å². The number of fused-ring (bicyclic) bond motifs is 1. The molecule has 0 aromatic carbocycles. The van der Waals surface area contributed by atoms with Gasteiger partial charge in [-0.05, 0) is 84.6 Å². The molecule has 2 heterocycles. The fourth-order valence-corrected chi connectivity index (χ4v) is 5.15. The molecule has 3 aliphatic rings. The largest absolute Gasteiger partial charge is 0.466 e. The molecule has 0 aromatic rings. The molecule has 1 aliphatic carbocycles. The van der Waals surface area contributed by atoms with Crippen LogP contribution >= 0.6 is 0 Å². The molecule has 2 aliphatic heterocycles. The van der Waals surface area contributed by atoms with E-state index in [1.54, 1.807) is 13.0 Å². The smallest absolute Gasteiger partial charge is 0.334 e. The van der Waals surface area contributed by atoms with Crippen molar-refractivity contribution >= 4 is 11.8 Å². The van der Waals surface area contributed by atoms with Gasteiger partial charge in [-0.3, -0.25) is 4.79 Å². The summed E-state index contributed by atoms with van der Waals surface area (Å²) in [6, 6.07) is 0. The average Bonchev–Trinajstić information content (AvgIpc) is 2.68. The zero-order valence-corrected chi connectivity index (χ0v) is 21.3. The molecule has 0 fully saturated rings. The third-order valence-electron chi connectivity index (χ3n) is 7.13. The van der Waals surface area contributed by atoms with E-state index in [1.165, 1.54) is 18.3 Å². The van der Waals surface area contributed by atoms with Gasteiger partial charge in [0.25, 0.3) is 0 Å².